The van der Waals surface area contributed by atoms with Gasteiger partial charge < -0.3 is 0 Å². The summed E-state index contributed by atoms with van der Waals surface area (Å²) in [4.78, 5) is 0. The lowest BCUT2D eigenvalue weighted by molar-refractivity contribution is -0.0372. The fourth-order valence-electron chi connectivity index (χ4n) is 5.65. The maximum atomic E-state index is 3.81. The Morgan fingerprint density at radius 3 is 2.21 bits per heavy atom. The maximum Gasteiger partial charge on any atom is 0.103 e. The van der Waals surface area contributed by atoms with Crippen LogP contribution in [-0.2, 0) is 6.54 Å². The number of nitrogens with zero attached hydrogens (tertiary/aromatic N) is 1. The normalized spacial score (nSPS) is 49.8. The Hall–Kier alpha value is -0.860. The lowest BCUT2D eigenvalue weighted by Gasteiger charge is -2.54. The zero-order valence-corrected chi connectivity index (χ0v) is 11.4. The minimum absolute atomic E-state index is 0.406. The standard InChI is InChI=1S/C17H22N2/c1-2-4-12(5-3-1)11-19-17(18-19)15-7-13-6-14(9-15)10-16(17)8-13/h1-5,13-16,18H,6-11H2. The molecular weight excluding hydrogens is 232 g/mol. The van der Waals surface area contributed by atoms with Crippen LogP contribution in [0.4, 0.5) is 0 Å². The number of hydrazine groups is 1. The van der Waals surface area contributed by atoms with Crippen molar-refractivity contribution in [2.24, 2.45) is 23.7 Å². The van der Waals surface area contributed by atoms with Crippen molar-refractivity contribution in [2.75, 3.05) is 0 Å². The van der Waals surface area contributed by atoms with Crippen LogP contribution >= 0.6 is 0 Å². The monoisotopic (exact) mass is 254 g/mol. The molecule has 4 saturated carbocycles. The molecular formula is C17H22N2. The summed E-state index contributed by atoms with van der Waals surface area (Å²) < 4.78 is 0. The van der Waals surface area contributed by atoms with Gasteiger partial charge in [0.25, 0.3) is 0 Å². The van der Waals surface area contributed by atoms with Crippen LogP contribution in [0.25, 0.3) is 0 Å². The van der Waals surface area contributed by atoms with Gasteiger partial charge in [0.1, 0.15) is 5.66 Å². The third-order valence-corrected chi connectivity index (χ3v) is 6.28. The number of nitrogens with one attached hydrogen (secondary N) is 1. The van der Waals surface area contributed by atoms with Crippen LogP contribution in [-0.4, -0.2) is 10.7 Å². The number of hydrogen-bond acceptors (Lipinski definition) is 2. The second-order valence-electron chi connectivity index (χ2n) is 7.31. The van der Waals surface area contributed by atoms with Gasteiger partial charge in [-0.25, -0.2) is 10.4 Å². The van der Waals surface area contributed by atoms with E-state index in [1.807, 2.05) is 0 Å². The summed E-state index contributed by atoms with van der Waals surface area (Å²) in [5, 5.41) is 2.56. The van der Waals surface area contributed by atoms with Gasteiger partial charge in [0.05, 0.1) is 0 Å². The molecule has 1 aromatic carbocycles. The summed E-state index contributed by atoms with van der Waals surface area (Å²) >= 11 is 0. The lowest BCUT2D eigenvalue weighted by atomic mass is 9.52. The van der Waals surface area contributed by atoms with Crippen molar-refractivity contribution in [2.45, 2.75) is 44.3 Å². The van der Waals surface area contributed by atoms with Gasteiger partial charge in [0.2, 0.25) is 0 Å². The molecule has 4 aliphatic carbocycles. The highest BCUT2D eigenvalue weighted by Crippen LogP contribution is 2.63. The van der Waals surface area contributed by atoms with Gasteiger partial charge in [-0.05, 0) is 61.3 Å². The van der Waals surface area contributed by atoms with Crippen LogP contribution in [0, 0.1) is 23.7 Å². The maximum absolute atomic E-state index is 3.81. The van der Waals surface area contributed by atoms with Crippen LogP contribution in [0.15, 0.2) is 30.3 Å². The molecule has 1 heterocycles. The Kier molecular flexibility index (Phi) is 2.07. The largest absolute Gasteiger partial charge is 0.231 e. The average Bonchev–Trinajstić information content (AvgIpc) is 3.11. The first-order chi connectivity index (χ1) is 9.34. The van der Waals surface area contributed by atoms with Gasteiger partial charge in [-0.2, -0.15) is 0 Å². The van der Waals surface area contributed by atoms with E-state index >= 15 is 0 Å². The van der Waals surface area contributed by atoms with Crippen molar-refractivity contribution >= 4 is 0 Å². The molecule has 5 fully saturated rings. The Labute approximate surface area is 115 Å². The highest BCUT2D eigenvalue weighted by atomic mass is 15.8. The molecule has 1 spiro atoms. The van der Waals surface area contributed by atoms with Crippen molar-refractivity contribution in [1.29, 1.82) is 0 Å². The molecule has 6 rings (SSSR count). The van der Waals surface area contributed by atoms with Crippen molar-refractivity contribution in [3.05, 3.63) is 35.9 Å². The van der Waals surface area contributed by atoms with Crippen LogP contribution in [0.1, 0.15) is 37.7 Å². The van der Waals surface area contributed by atoms with E-state index in [1.165, 1.54) is 31.2 Å². The third kappa shape index (κ3) is 1.45. The summed E-state index contributed by atoms with van der Waals surface area (Å²) in [6, 6.07) is 10.9. The molecule has 1 saturated heterocycles. The van der Waals surface area contributed by atoms with E-state index in [2.05, 4.69) is 40.8 Å². The topological polar surface area (TPSA) is 25.0 Å². The quantitative estimate of drug-likeness (QED) is 0.820. The first-order valence-electron chi connectivity index (χ1n) is 7.94. The Morgan fingerprint density at radius 2 is 1.58 bits per heavy atom. The smallest absolute Gasteiger partial charge is 0.103 e. The summed E-state index contributed by atoms with van der Waals surface area (Å²) in [5.74, 6) is 4.00. The highest BCUT2D eigenvalue weighted by Gasteiger charge is 2.67. The van der Waals surface area contributed by atoms with Crippen molar-refractivity contribution in [3.8, 4) is 0 Å². The van der Waals surface area contributed by atoms with E-state index in [4.69, 9.17) is 0 Å². The van der Waals surface area contributed by atoms with Gasteiger partial charge in [-0.3, -0.25) is 0 Å². The molecule has 2 nitrogen and oxygen atoms in total. The molecule has 0 aromatic heterocycles. The second-order valence-corrected chi connectivity index (χ2v) is 7.31. The van der Waals surface area contributed by atoms with Crippen LogP contribution in [0.3, 0.4) is 0 Å². The molecule has 1 atom stereocenters. The van der Waals surface area contributed by atoms with E-state index in [0.717, 1.165) is 30.2 Å². The first kappa shape index (κ1) is 10.9. The fraction of sp³-hybridized carbons (Fsp3) is 0.647. The Morgan fingerprint density at radius 1 is 0.947 bits per heavy atom. The predicted molar refractivity (Wildman–Crippen MR) is 74.9 cm³/mol. The van der Waals surface area contributed by atoms with E-state index in [-0.39, 0.29) is 0 Å². The van der Waals surface area contributed by atoms with E-state index < -0.39 is 0 Å². The molecule has 2 heteroatoms. The van der Waals surface area contributed by atoms with E-state index in [0.29, 0.717) is 5.66 Å². The van der Waals surface area contributed by atoms with Crippen LogP contribution in [0.5, 0.6) is 0 Å². The lowest BCUT2D eigenvalue weighted by Crippen LogP contribution is -2.53. The van der Waals surface area contributed by atoms with Crippen molar-refractivity contribution in [3.63, 3.8) is 0 Å². The summed E-state index contributed by atoms with van der Waals surface area (Å²) in [6.07, 6.45) is 7.51. The minimum atomic E-state index is 0.406. The zero-order chi connectivity index (χ0) is 12.4. The molecule has 5 aliphatic rings. The Bertz CT molecular complexity index is 467. The van der Waals surface area contributed by atoms with Crippen molar-refractivity contribution in [1.82, 2.24) is 10.4 Å². The van der Waals surface area contributed by atoms with Gasteiger partial charge in [-0.15, -0.1) is 0 Å². The summed E-state index contributed by atoms with van der Waals surface area (Å²) in [5.41, 5.74) is 5.66. The van der Waals surface area contributed by atoms with Gasteiger partial charge in [0, 0.05) is 6.54 Å². The molecule has 1 aromatic rings. The second kappa shape index (κ2) is 3.62. The molecule has 19 heavy (non-hydrogen) atoms. The summed E-state index contributed by atoms with van der Waals surface area (Å²) in [6.45, 7) is 1.09. The van der Waals surface area contributed by atoms with Gasteiger partial charge >= 0.3 is 0 Å². The minimum Gasteiger partial charge on any atom is -0.231 e. The molecule has 0 amide bonds. The SMILES string of the molecule is c1ccc(CN2NC23C2CC4CC(C2)CC3C4)cc1. The molecule has 1 aliphatic heterocycles. The fourth-order valence-corrected chi connectivity index (χ4v) is 5.65. The number of hydrogen-bond donors (Lipinski definition) is 1. The average molecular weight is 254 g/mol. The van der Waals surface area contributed by atoms with Crippen LogP contribution < -0.4 is 5.43 Å². The number of rotatable bonds is 2. The zero-order valence-electron chi connectivity index (χ0n) is 11.4. The predicted octanol–water partition coefficient (Wildman–Crippen LogP) is 3.16. The molecule has 0 radical (unpaired) electrons. The molecule has 4 bridgehead atoms. The van der Waals surface area contributed by atoms with Crippen molar-refractivity contribution < 1.29 is 0 Å². The summed E-state index contributed by atoms with van der Waals surface area (Å²) in [7, 11) is 0. The molecule has 1 unspecified atom stereocenters. The number of benzene rings is 1. The molecule has 100 valence electrons. The highest BCUT2D eigenvalue weighted by molar-refractivity contribution is 5.20. The van der Waals surface area contributed by atoms with Crippen LogP contribution in [0.2, 0.25) is 0 Å². The van der Waals surface area contributed by atoms with Gasteiger partial charge in [0.15, 0.2) is 0 Å². The third-order valence-electron chi connectivity index (χ3n) is 6.28. The van der Waals surface area contributed by atoms with E-state index in [1.54, 1.807) is 6.42 Å². The Balaban J connectivity index is 1.39. The molecule has 1 N–H and O–H groups in total. The van der Waals surface area contributed by atoms with Gasteiger partial charge in [-0.1, -0.05) is 30.3 Å². The van der Waals surface area contributed by atoms with E-state index in [9.17, 15) is 0 Å². The first-order valence-corrected chi connectivity index (χ1v) is 7.94.